The molecule has 0 aliphatic heterocycles. The first-order chi connectivity index (χ1) is 9.93. The zero-order valence-corrected chi connectivity index (χ0v) is 12.1. The van der Waals surface area contributed by atoms with Crippen molar-refractivity contribution in [2.45, 2.75) is 19.4 Å². The molecule has 0 aliphatic carbocycles. The van der Waals surface area contributed by atoms with Gasteiger partial charge in [0, 0.05) is 17.8 Å². The molecule has 0 saturated heterocycles. The lowest BCUT2D eigenvalue weighted by atomic mass is 9.88. The van der Waals surface area contributed by atoms with Crippen molar-refractivity contribution in [1.29, 1.82) is 0 Å². The van der Waals surface area contributed by atoms with Gasteiger partial charge in [0.2, 0.25) is 0 Å². The minimum Gasteiger partial charge on any atom is -0.395 e. The maximum absolute atomic E-state index is 12.0. The van der Waals surface area contributed by atoms with E-state index in [1.165, 1.54) is 30.9 Å². The van der Waals surface area contributed by atoms with Crippen molar-refractivity contribution >= 4 is 23.5 Å². The van der Waals surface area contributed by atoms with E-state index >= 15 is 0 Å². The number of nitrogens with zero attached hydrogens (tertiary/aromatic N) is 1. The van der Waals surface area contributed by atoms with E-state index < -0.39 is 23.7 Å². The van der Waals surface area contributed by atoms with Crippen LogP contribution in [0.15, 0.2) is 24.3 Å². The van der Waals surface area contributed by atoms with Gasteiger partial charge in [0.25, 0.3) is 0 Å². The predicted octanol–water partition coefficient (Wildman–Crippen LogP) is 0.207. The fraction of sp³-hybridized carbons (Fsp3) is 0.400. The highest BCUT2D eigenvalue weighted by atomic mass is 16.3. The van der Waals surface area contributed by atoms with Crippen LogP contribution in [0.2, 0.25) is 0 Å². The van der Waals surface area contributed by atoms with Crippen LogP contribution in [-0.2, 0) is 9.59 Å². The summed E-state index contributed by atoms with van der Waals surface area (Å²) in [4.78, 5) is 36.0. The number of aldehydes is 1. The number of anilines is 1. The number of aliphatic hydroxyl groups excluding tert-OH is 2. The van der Waals surface area contributed by atoms with Gasteiger partial charge in [-0.3, -0.25) is 14.4 Å². The van der Waals surface area contributed by atoms with E-state index in [1.807, 2.05) is 0 Å². The third-order valence-electron chi connectivity index (χ3n) is 3.52. The number of ketones is 2. The normalized spacial score (nSPS) is 11.0. The standard InChI is InChI=1S/C15H19NO5/c1-11(20)15(10-19,12(2)21)16(7-8-17)14-5-3-13(9-18)4-6-14/h3-6,9,17,19H,7-8,10H2,1-2H3. The smallest absolute Gasteiger partial charge is 0.180 e. The number of carbonyl (C=O) groups is 3. The molecule has 0 heterocycles. The number of rotatable bonds is 8. The van der Waals surface area contributed by atoms with E-state index in [4.69, 9.17) is 0 Å². The molecule has 0 atom stereocenters. The average molecular weight is 293 g/mol. The predicted molar refractivity (Wildman–Crippen MR) is 77.4 cm³/mol. The second kappa shape index (κ2) is 7.10. The first-order valence-corrected chi connectivity index (χ1v) is 6.50. The molecule has 1 aromatic carbocycles. The van der Waals surface area contributed by atoms with E-state index in [2.05, 4.69) is 0 Å². The molecule has 1 aromatic rings. The zero-order chi connectivity index (χ0) is 16.0. The Balaban J connectivity index is 3.39. The lowest BCUT2D eigenvalue weighted by Gasteiger charge is -2.40. The number of carbonyl (C=O) groups excluding carboxylic acids is 3. The maximum atomic E-state index is 12.0. The van der Waals surface area contributed by atoms with E-state index in [1.54, 1.807) is 12.1 Å². The second-order valence-electron chi connectivity index (χ2n) is 4.72. The number of hydrogen-bond acceptors (Lipinski definition) is 6. The van der Waals surface area contributed by atoms with Crippen molar-refractivity contribution in [3.8, 4) is 0 Å². The van der Waals surface area contributed by atoms with Gasteiger partial charge in [-0.1, -0.05) is 0 Å². The van der Waals surface area contributed by atoms with Crippen molar-refractivity contribution in [1.82, 2.24) is 0 Å². The van der Waals surface area contributed by atoms with Crippen LogP contribution in [-0.4, -0.2) is 53.4 Å². The molecule has 21 heavy (non-hydrogen) atoms. The number of benzene rings is 1. The van der Waals surface area contributed by atoms with Gasteiger partial charge in [-0.2, -0.15) is 0 Å². The van der Waals surface area contributed by atoms with Crippen LogP contribution in [0, 0.1) is 0 Å². The van der Waals surface area contributed by atoms with Crippen LogP contribution < -0.4 is 4.90 Å². The molecule has 114 valence electrons. The molecule has 1 rings (SSSR count). The fourth-order valence-corrected chi connectivity index (χ4v) is 2.31. The molecule has 0 fully saturated rings. The Morgan fingerprint density at radius 2 is 1.67 bits per heavy atom. The summed E-state index contributed by atoms with van der Waals surface area (Å²) < 4.78 is 0. The molecular weight excluding hydrogens is 274 g/mol. The van der Waals surface area contributed by atoms with Crippen LogP contribution in [0.25, 0.3) is 0 Å². The number of aliphatic hydroxyl groups is 2. The highest BCUT2D eigenvalue weighted by molar-refractivity contribution is 6.13. The Kier molecular flexibility index (Phi) is 5.75. The molecule has 0 unspecified atom stereocenters. The van der Waals surface area contributed by atoms with Gasteiger partial charge in [-0.05, 0) is 38.1 Å². The molecule has 6 heteroatoms. The van der Waals surface area contributed by atoms with Crippen molar-refractivity contribution < 1.29 is 24.6 Å². The number of β-amino-alcohol motifs (C(OH)–C–C–N with tert-alkyl or cyclic N) is 1. The molecule has 0 aromatic heterocycles. The largest absolute Gasteiger partial charge is 0.395 e. The summed E-state index contributed by atoms with van der Waals surface area (Å²) in [6, 6.07) is 6.20. The van der Waals surface area contributed by atoms with Crippen molar-refractivity contribution in [3.63, 3.8) is 0 Å². The summed E-state index contributed by atoms with van der Waals surface area (Å²) in [5.74, 6) is -1.02. The first-order valence-electron chi connectivity index (χ1n) is 6.50. The topological polar surface area (TPSA) is 94.9 Å². The quantitative estimate of drug-likeness (QED) is 0.525. The van der Waals surface area contributed by atoms with Gasteiger partial charge >= 0.3 is 0 Å². The monoisotopic (exact) mass is 293 g/mol. The zero-order valence-electron chi connectivity index (χ0n) is 12.1. The van der Waals surface area contributed by atoms with Gasteiger partial charge in [-0.25, -0.2) is 0 Å². The summed E-state index contributed by atoms with van der Waals surface area (Å²) >= 11 is 0. The molecule has 0 aliphatic rings. The van der Waals surface area contributed by atoms with Gasteiger partial charge in [-0.15, -0.1) is 0 Å². The number of Topliss-reactive ketones (excluding diaryl/α,β-unsaturated/α-hetero) is 2. The van der Waals surface area contributed by atoms with Crippen LogP contribution in [0.4, 0.5) is 5.69 Å². The minimum atomic E-state index is -1.73. The summed E-state index contributed by atoms with van der Waals surface area (Å²) in [6.07, 6.45) is 0.676. The highest BCUT2D eigenvalue weighted by Gasteiger charge is 2.45. The second-order valence-corrected chi connectivity index (χ2v) is 4.72. The molecule has 2 N–H and O–H groups in total. The Labute approximate surface area is 123 Å². The van der Waals surface area contributed by atoms with E-state index in [0.29, 0.717) is 17.5 Å². The lowest BCUT2D eigenvalue weighted by Crippen LogP contribution is -2.62. The fourth-order valence-electron chi connectivity index (χ4n) is 2.31. The Bertz CT molecular complexity index is 509. The molecular formula is C15H19NO5. The summed E-state index contributed by atoms with van der Waals surface area (Å²) in [5, 5.41) is 18.9. The van der Waals surface area contributed by atoms with Crippen molar-refractivity contribution in [3.05, 3.63) is 29.8 Å². The summed E-state index contributed by atoms with van der Waals surface area (Å²) in [7, 11) is 0. The lowest BCUT2D eigenvalue weighted by molar-refractivity contribution is -0.134. The van der Waals surface area contributed by atoms with E-state index in [0.717, 1.165) is 0 Å². The molecule has 6 nitrogen and oxygen atoms in total. The van der Waals surface area contributed by atoms with E-state index in [-0.39, 0.29) is 13.2 Å². The third kappa shape index (κ3) is 3.17. The van der Waals surface area contributed by atoms with Gasteiger partial charge in [0.1, 0.15) is 6.29 Å². The minimum absolute atomic E-state index is 0.000155. The Hall–Kier alpha value is -2.05. The summed E-state index contributed by atoms with van der Waals surface area (Å²) in [5.41, 5.74) is -0.817. The average Bonchev–Trinajstić information content (AvgIpc) is 2.47. The molecule has 0 spiro atoms. The van der Waals surface area contributed by atoms with Gasteiger partial charge in [0.05, 0.1) is 13.2 Å². The molecule has 0 bridgehead atoms. The van der Waals surface area contributed by atoms with Crippen LogP contribution >= 0.6 is 0 Å². The first kappa shape index (κ1) is 17.0. The van der Waals surface area contributed by atoms with E-state index in [9.17, 15) is 24.6 Å². The molecule has 0 saturated carbocycles. The van der Waals surface area contributed by atoms with Crippen LogP contribution in [0.5, 0.6) is 0 Å². The van der Waals surface area contributed by atoms with Gasteiger partial charge < -0.3 is 15.1 Å². The van der Waals surface area contributed by atoms with Crippen LogP contribution in [0.1, 0.15) is 24.2 Å². The maximum Gasteiger partial charge on any atom is 0.180 e. The van der Waals surface area contributed by atoms with Crippen molar-refractivity contribution in [2.24, 2.45) is 0 Å². The summed E-state index contributed by atoms with van der Waals surface area (Å²) in [6.45, 7) is 1.47. The highest BCUT2D eigenvalue weighted by Crippen LogP contribution is 2.26. The van der Waals surface area contributed by atoms with Crippen LogP contribution in [0.3, 0.4) is 0 Å². The Morgan fingerprint density at radius 3 is 2.00 bits per heavy atom. The van der Waals surface area contributed by atoms with Crippen molar-refractivity contribution in [2.75, 3.05) is 24.7 Å². The molecule has 0 radical (unpaired) electrons. The Morgan fingerprint density at radius 1 is 1.14 bits per heavy atom. The third-order valence-corrected chi connectivity index (χ3v) is 3.52. The number of hydrogen-bond donors (Lipinski definition) is 2. The SMILES string of the molecule is CC(=O)C(CO)(C(C)=O)N(CCO)c1ccc(C=O)cc1. The van der Waals surface area contributed by atoms with Gasteiger partial charge in [0.15, 0.2) is 17.1 Å². The molecule has 0 amide bonds.